The summed E-state index contributed by atoms with van der Waals surface area (Å²) in [6.07, 6.45) is 3.17. The maximum atomic E-state index is 11.5. The lowest BCUT2D eigenvalue weighted by atomic mass is 9.86. The van der Waals surface area contributed by atoms with Gasteiger partial charge in [-0.2, -0.15) is 0 Å². The molecule has 0 fully saturated rings. The molecule has 2 aromatic carbocycles. The zero-order valence-electron chi connectivity index (χ0n) is 9.79. The number of Topliss-reactive ketones (excluding diaryl/α,β-unsaturated/α-hetero) is 1. The first-order valence-corrected chi connectivity index (χ1v) is 5.96. The Labute approximate surface area is 99.9 Å². The molecule has 0 unspecified atom stereocenters. The maximum absolute atomic E-state index is 11.5. The minimum atomic E-state index is -0.0726. The third-order valence-electron chi connectivity index (χ3n) is 3.57. The first kappa shape index (κ1) is 10.3. The summed E-state index contributed by atoms with van der Waals surface area (Å²) in [5.74, 6) is 0.0663. The summed E-state index contributed by atoms with van der Waals surface area (Å²) in [4.78, 5) is 11.5. The lowest BCUT2D eigenvalue weighted by molar-refractivity contribution is 0.101. The van der Waals surface area contributed by atoms with Crippen LogP contribution < -0.4 is 0 Å². The number of hydrogen-bond acceptors (Lipinski definition) is 2. The molecule has 2 nitrogen and oxygen atoms in total. The second kappa shape index (κ2) is 3.59. The van der Waals surface area contributed by atoms with E-state index < -0.39 is 0 Å². The molecule has 3 rings (SSSR count). The summed E-state index contributed by atoms with van der Waals surface area (Å²) in [5.41, 5.74) is 2.94. The topological polar surface area (TPSA) is 37.3 Å². The Morgan fingerprint density at radius 2 is 2.00 bits per heavy atom. The molecule has 0 aliphatic heterocycles. The Balaban J connectivity index is 2.46. The molecular formula is C15H14O2. The average Bonchev–Trinajstić information content (AvgIpc) is 2.33. The Morgan fingerprint density at radius 1 is 1.24 bits per heavy atom. The highest BCUT2D eigenvalue weighted by atomic mass is 16.3. The molecule has 0 heterocycles. The molecule has 0 spiro atoms. The monoisotopic (exact) mass is 226 g/mol. The van der Waals surface area contributed by atoms with E-state index in [0.29, 0.717) is 5.56 Å². The second-order valence-electron chi connectivity index (χ2n) is 4.68. The van der Waals surface area contributed by atoms with Gasteiger partial charge in [-0.3, -0.25) is 4.79 Å². The van der Waals surface area contributed by atoms with Crippen molar-refractivity contribution in [2.75, 3.05) is 0 Å². The fourth-order valence-electron chi connectivity index (χ4n) is 2.78. The van der Waals surface area contributed by atoms with Crippen LogP contribution in [0.25, 0.3) is 10.8 Å². The molecule has 1 aliphatic rings. The lowest BCUT2D eigenvalue weighted by Crippen LogP contribution is -2.04. The zero-order valence-corrected chi connectivity index (χ0v) is 9.79. The number of benzene rings is 2. The number of rotatable bonds is 1. The maximum Gasteiger partial charge on any atom is 0.163 e. The van der Waals surface area contributed by atoms with Crippen molar-refractivity contribution in [3.8, 4) is 5.75 Å². The predicted octanol–water partition coefficient (Wildman–Crippen LogP) is 3.24. The number of hydrogen-bond donors (Lipinski definition) is 1. The van der Waals surface area contributed by atoms with E-state index in [-0.39, 0.29) is 11.5 Å². The predicted molar refractivity (Wildman–Crippen MR) is 67.6 cm³/mol. The van der Waals surface area contributed by atoms with Gasteiger partial charge in [-0.15, -0.1) is 0 Å². The molecule has 0 amide bonds. The largest absolute Gasteiger partial charge is 0.507 e. The van der Waals surface area contributed by atoms with Gasteiger partial charge in [-0.25, -0.2) is 0 Å². The van der Waals surface area contributed by atoms with Crippen molar-refractivity contribution in [1.82, 2.24) is 0 Å². The SMILES string of the molecule is CC(=O)c1cc2c3c(cccc3c1O)CCC2. The van der Waals surface area contributed by atoms with E-state index >= 15 is 0 Å². The Hall–Kier alpha value is -1.83. The molecule has 0 atom stereocenters. The van der Waals surface area contributed by atoms with E-state index in [1.165, 1.54) is 18.1 Å². The summed E-state index contributed by atoms with van der Waals surface area (Å²) in [7, 11) is 0. The normalized spacial score (nSPS) is 13.9. The number of aromatic hydroxyl groups is 1. The van der Waals surface area contributed by atoms with Gasteiger partial charge < -0.3 is 5.11 Å². The van der Waals surface area contributed by atoms with Crippen LogP contribution in [-0.4, -0.2) is 10.9 Å². The minimum Gasteiger partial charge on any atom is -0.507 e. The van der Waals surface area contributed by atoms with Gasteiger partial charge >= 0.3 is 0 Å². The van der Waals surface area contributed by atoms with Crippen LogP contribution in [0.2, 0.25) is 0 Å². The van der Waals surface area contributed by atoms with E-state index in [9.17, 15) is 9.90 Å². The first-order valence-electron chi connectivity index (χ1n) is 5.96. The summed E-state index contributed by atoms with van der Waals surface area (Å²) in [5, 5.41) is 12.1. The standard InChI is InChI=1S/C15H14O2/c1-9(16)13-8-11-6-2-4-10-5-3-7-12(14(10)11)15(13)17/h3,5,7-8,17H,2,4,6H2,1H3. The van der Waals surface area contributed by atoms with Gasteiger partial charge in [-0.1, -0.05) is 18.2 Å². The number of aryl methyl sites for hydroxylation is 2. The van der Waals surface area contributed by atoms with E-state index in [4.69, 9.17) is 0 Å². The Kier molecular flexibility index (Phi) is 2.18. The number of phenolic OH excluding ortho intramolecular Hbond substituents is 1. The molecule has 2 aromatic rings. The lowest BCUT2D eigenvalue weighted by Gasteiger charge is -2.19. The van der Waals surface area contributed by atoms with Crippen LogP contribution in [0.3, 0.4) is 0 Å². The highest BCUT2D eigenvalue weighted by Gasteiger charge is 2.18. The molecule has 0 aromatic heterocycles. The molecule has 0 saturated carbocycles. The molecule has 86 valence electrons. The summed E-state index contributed by atoms with van der Waals surface area (Å²) < 4.78 is 0. The summed E-state index contributed by atoms with van der Waals surface area (Å²) in [6.45, 7) is 1.50. The zero-order chi connectivity index (χ0) is 12.0. The third kappa shape index (κ3) is 1.44. The van der Waals surface area contributed by atoms with Crippen molar-refractivity contribution in [2.45, 2.75) is 26.2 Å². The fraction of sp³-hybridized carbons (Fsp3) is 0.267. The van der Waals surface area contributed by atoms with Gasteiger partial charge in [0.2, 0.25) is 0 Å². The first-order chi connectivity index (χ1) is 8.18. The quantitative estimate of drug-likeness (QED) is 0.758. The van der Waals surface area contributed by atoms with Gasteiger partial charge in [0.25, 0.3) is 0 Å². The van der Waals surface area contributed by atoms with E-state index in [0.717, 1.165) is 30.0 Å². The molecule has 17 heavy (non-hydrogen) atoms. The van der Waals surface area contributed by atoms with Crippen LogP contribution in [-0.2, 0) is 12.8 Å². The number of ketones is 1. The number of carbonyl (C=O) groups is 1. The molecule has 0 bridgehead atoms. The van der Waals surface area contributed by atoms with Crippen LogP contribution >= 0.6 is 0 Å². The van der Waals surface area contributed by atoms with Crippen molar-refractivity contribution in [2.24, 2.45) is 0 Å². The number of phenols is 1. The van der Waals surface area contributed by atoms with E-state index in [2.05, 4.69) is 6.07 Å². The Morgan fingerprint density at radius 3 is 2.76 bits per heavy atom. The van der Waals surface area contributed by atoms with E-state index in [1.807, 2.05) is 18.2 Å². The second-order valence-corrected chi connectivity index (χ2v) is 4.68. The van der Waals surface area contributed by atoms with Crippen molar-refractivity contribution in [3.05, 3.63) is 41.0 Å². The smallest absolute Gasteiger partial charge is 0.163 e. The number of carbonyl (C=O) groups excluding carboxylic acids is 1. The van der Waals surface area contributed by atoms with Crippen LogP contribution in [0.4, 0.5) is 0 Å². The molecular weight excluding hydrogens is 212 g/mol. The molecule has 1 N–H and O–H groups in total. The Bertz CT molecular complexity index is 626. The van der Waals surface area contributed by atoms with Crippen LogP contribution in [0.1, 0.15) is 34.8 Å². The minimum absolute atomic E-state index is 0.0726. The van der Waals surface area contributed by atoms with Crippen molar-refractivity contribution < 1.29 is 9.90 Å². The molecule has 2 heteroatoms. The fourth-order valence-corrected chi connectivity index (χ4v) is 2.78. The van der Waals surface area contributed by atoms with Gasteiger partial charge in [0.1, 0.15) is 5.75 Å². The van der Waals surface area contributed by atoms with Crippen molar-refractivity contribution in [1.29, 1.82) is 0 Å². The van der Waals surface area contributed by atoms with Gasteiger partial charge in [-0.05, 0) is 48.8 Å². The van der Waals surface area contributed by atoms with Crippen LogP contribution in [0, 0.1) is 0 Å². The third-order valence-corrected chi connectivity index (χ3v) is 3.57. The highest BCUT2D eigenvalue weighted by molar-refractivity contribution is 6.05. The van der Waals surface area contributed by atoms with Crippen LogP contribution in [0.15, 0.2) is 24.3 Å². The van der Waals surface area contributed by atoms with E-state index in [1.54, 1.807) is 0 Å². The molecule has 0 saturated heterocycles. The average molecular weight is 226 g/mol. The van der Waals surface area contributed by atoms with Gasteiger partial charge in [0.05, 0.1) is 5.56 Å². The molecule has 0 radical (unpaired) electrons. The highest BCUT2D eigenvalue weighted by Crippen LogP contribution is 2.37. The van der Waals surface area contributed by atoms with Gasteiger partial charge in [0.15, 0.2) is 5.78 Å². The van der Waals surface area contributed by atoms with Crippen LogP contribution in [0.5, 0.6) is 5.75 Å². The van der Waals surface area contributed by atoms with Crippen molar-refractivity contribution in [3.63, 3.8) is 0 Å². The summed E-state index contributed by atoms with van der Waals surface area (Å²) >= 11 is 0. The van der Waals surface area contributed by atoms with Crippen molar-refractivity contribution >= 4 is 16.6 Å². The molecule has 1 aliphatic carbocycles. The van der Waals surface area contributed by atoms with Gasteiger partial charge in [0, 0.05) is 5.39 Å². The summed E-state index contributed by atoms with van der Waals surface area (Å²) in [6, 6.07) is 7.83.